The molecule has 0 aliphatic heterocycles. The van der Waals surface area contributed by atoms with Gasteiger partial charge < -0.3 is 20.7 Å². The lowest BCUT2D eigenvalue weighted by atomic mass is 10.2. The van der Waals surface area contributed by atoms with Gasteiger partial charge in [0.25, 0.3) is 5.91 Å². The number of nitrogens with one attached hydrogen (secondary N) is 3. The standard InChI is InChI=1S/C22H22N4O3/c1-3-29-20-7-5-4-6-19(20)26-21-14-16(12-13-23-21)22(28)25-18-10-8-17(9-11-18)24-15(2)27/h4-14H,3H2,1-2H3,(H,23,26)(H,24,27)(H,25,28). The summed E-state index contributed by atoms with van der Waals surface area (Å²) < 4.78 is 5.60. The van der Waals surface area contributed by atoms with Crippen LogP contribution in [0.1, 0.15) is 24.2 Å². The number of benzene rings is 2. The van der Waals surface area contributed by atoms with Crippen LogP contribution >= 0.6 is 0 Å². The molecule has 7 heteroatoms. The summed E-state index contributed by atoms with van der Waals surface area (Å²) in [4.78, 5) is 27.9. The molecule has 0 aliphatic rings. The number of para-hydroxylation sites is 2. The van der Waals surface area contributed by atoms with Crippen LogP contribution in [0.3, 0.4) is 0 Å². The first-order chi connectivity index (χ1) is 14.0. The molecular weight excluding hydrogens is 368 g/mol. The highest BCUT2D eigenvalue weighted by Gasteiger charge is 2.09. The molecule has 3 aromatic rings. The van der Waals surface area contributed by atoms with Crippen LogP contribution in [0, 0.1) is 0 Å². The molecule has 0 bridgehead atoms. The van der Waals surface area contributed by atoms with Gasteiger partial charge in [-0.25, -0.2) is 4.98 Å². The lowest BCUT2D eigenvalue weighted by molar-refractivity contribution is -0.114. The van der Waals surface area contributed by atoms with Crippen molar-refractivity contribution in [1.29, 1.82) is 0 Å². The van der Waals surface area contributed by atoms with E-state index in [9.17, 15) is 9.59 Å². The van der Waals surface area contributed by atoms with Gasteiger partial charge in [-0.1, -0.05) is 12.1 Å². The molecule has 3 N–H and O–H groups in total. The maximum absolute atomic E-state index is 12.6. The highest BCUT2D eigenvalue weighted by molar-refractivity contribution is 6.04. The van der Waals surface area contributed by atoms with Crippen LogP contribution in [0.2, 0.25) is 0 Å². The first-order valence-electron chi connectivity index (χ1n) is 9.19. The first kappa shape index (κ1) is 19.9. The summed E-state index contributed by atoms with van der Waals surface area (Å²) >= 11 is 0. The summed E-state index contributed by atoms with van der Waals surface area (Å²) in [5, 5.41) is 8.70. The van der Waals surface area contributed by atoms with E-state index in [-0.39, 0.29) is 11.8 Å². The average Bonchev–Trinajstić information content (AvgIpc) is 2.71. The minimum Gasteiger partial charge on any atom is -0.492 e. The summed E-state index contributed by atoms with van der Waals surface area (Å²) in [6.07, 6.45) is 1.57. The zero-order valence-corrected chi connectivity index (χ0v) is 16.2. The second kappa shape index (κ2) is 9.36. The minimum atomic E-state index is -0.263. The van der Waals surface area contributed by atoms with Crippen molar-refractivity contribution in [3.05, 3.63) is 72.4 Å². The molecule has 29 heavy (non-hydrogen) atoms. The third-order valence-corrected chi connectivity index (χ3v) is 3.93. The van der Waals surface area contributed by atoms with E-state index >= 15 is 0 Å². The van der Waals surface area contributed by atoms with E-state index in [4.69, 9.17) is 4.74 Å². The molecule has 0 saturated carbocycles. The summed E-state index contributed by atoms with van der Waals surface area (Å²) in [7, 11) is 0. The van der Waals surface area contributed by atoms with Crippen molar-refractivity contribution < 1.29 is 14.3 Å². The van der Waals surface area contributed by atoms with Crippen molar-refractivity contribution in [2.24, 2.45) is 0 Å². The van der Waals surface area contributed by atoms with Gasteiger partial charge in [-0.15, -0.1) is 0 Å². The average molecular weight is 390 g/mol. The highest BCUT2D eigenvalue weighted by atomic mass is 16.5. The van der Waals surface area contributed by atoms with Crippen LogP contribution in [0.25, 0.3) is 0 Å². The number of pyridine rings is 1. The van der Waals surface area contributed by atoms with Crippen LogP contribution in [0.4, 0.5) is 22.9 Å². The van der Waals surface area contributed by atoms with Crippen molar-refractivity contribution in [2.45, 2.75) is 13.8 Å². The van der Waals surface area contributed by atoms with Gasteiger partial charge in [-0.05, 0) is 55.5 Å². The van der Waals surface area contributed by atoms with Gasteiger partial charge in [0.2, 0.25) is 5.91 Å². The Labute approximate surface area is 169 Å². The molecule has 0 saturated heterocycles. The van der Waals surface area contributed by atoms with E-state index in [1.165, 1.54) is 6.92 Å². The zero-order chi connectivity index (χ0) is 20.6. The number of hydrogen-bond acceptors (Lipinski definition) is 5. The fourth-order valence-corrected chi connectivity index (χ4v) is 2.67. The molecular formula is C22H22N4O3. The van der Waals surface area contributed by atoms with Crippen molar-refractivity contribution in [3.63, 3.8) is 0 Å². The molecule has 1 aromatic heterocycles. The van der Waals surface area contributed by atoms with E-state index in [1.54, 1.807) is 42.6 Å². The number of rotatable bonds is 7. The number of aromatic nitrogens is 1. The Bertz CT molecular complexity index is 1000. The zero-order valence-electron chi connectivity index (χ0n) is 16.2. The second-order valence-corrected chi connectivity index (χ2v) is 6.20. The van der Waals surface area contributed by atoms with Crippen molar-refractivity contribution >= 4 is 34.7 Å². The molecule has 2 aromatic carbocycles. The minimum absolute atomic E-state index is 0.149. The Kier molecular flexibility index (Phi) is 6.42. The molecule has 148 valence electrons. The Morgan fingerprint density at radius 2 is 1.66 bits per heavy atom. The van der Waals surface area contributed by atoms with Gasteiger partial charge >= 0.3 is 0 Å². The third kappa shape index (κ3) is 5.55. The second-order valence-electron chi connectivity index (χ2n) is 6.20. The quantitative estimate of drug-likeness (QED) is 0.555. The largest absolute Gasteiger partial charge is 0.492 e. The molecule has 2 amide bonds. The van der Waals surface area contributed by atoms with Gasteiger partial charge in [-0.3, -0.25) is 9.59 Å². The van der Waals surface area contributed by atoms with Crippen molar-refractivity contribution in [1.82, 2.24) is 4.98 Å². The van der Waals surface area contributed by atoms with Crippen LogP contribution in [-0.4, -0.2) is 23.4 Å². The molecule has 0 aliphatic carbocycles. The maximum Gasteiger partial charge on any atom is 0.255 e. The predicted octanol–water partition coefficient (Wildman–Crippen LogP) is 4.43. The summed E-state index contributed by atoms with van der Waals surface area (Å²) in [5.41, 5.74) is 2.52. The number of anilines is 4. The number of nitrogens with zero attached hydrogens (tertiary/aromatic N) is 1. The SMILES string of the molecule is CCOc1ccccc1Nc1cc(C(=O)Nc2ccc(NC(C)=O)cc2)ccn1. The molecule has 1 heterocycles. The van der Waals surface area contributed by atoms with Crippen LogP contribution in [-0.2, 0) is 4.79 Å². The van der Waals surface area contributed by atoms with Crippen molar-refractivity contribution in [3.8, 4) is 5.75 Å². The first-order valence-corrected chi connectivity index (χ1v) is 9.19. The van der Waals surface area contributed by atoms with Crippen molar-refractivity contribution in [2.75, 3.05) is 22.6 Å². The lowest BCUT2D eigenvalue weighted by Gasteiger charge is -2.12. The summed E-state index contributed by atoms with van der Waals surface area (Å²) in [5.74, 6) is 0.835. The van der Waals surface area contributed by atoms with E-state index in [0.29, 0.717) is 35.1 Å². The Morgan fingerprint density at radius 1 is 0.966 bits per heavy atom. The number of amides is 2. The molecule has 7 nitrogen and oxygen atoms in total. The fourth-order valence-electron chi connectivity index (χ4n) is 2.67. The number of carbonyl (C=O) groups excluding carboxylic acids is 2. The summed E-state index contributed by atoms with van der Waals surface area (Å²) in [6, 6.07) is 17.7. The van der Waals surface area contributed by atoms with E-state index in [1.807, 2.05) is 31.2 Å². The Morgan fingerprint density at radius 3 is 2.34 bits per heavy atom. The van der Waals surface area contributed by atoms with Gasteiger partial charge in [0.15, 0.2) is 0 Å². The van der Waals surface area contributed by atoms with Crippen LogP contribution in [0.15, 0.2) is 66.9 Å². The highest BCUT2D eigenvalue weighted by Crippen LogP contribution is 2.27. The van der Waals surface area contributed by atoms with Crippen LogP contribution in [0.5, 0.6) is 5.75 Å². The number of ether oxygens (including phenoxy) is 1. The van der Waals surface area contributed by atoms with Gasteiger partial charge in [-0.2, -0.15) is 0 Å². The third-order valence-electron chi connectivity index (χ3n) is 3.93. The molecule has 0 spiro atoms. The lowest BCUT2D eigenvalue weighted by Crippen LogP contribution is -2.12. The fraction of sp³-hybridized carbons (Fsp3) is 0.136. The Balaban J connectivity index is 1.70. The maximum atomic E-state index is 12.6. The topological polar surface area (TPSA) is 92.4 Å². The molecule has 0 unspecified atom stereocenters. The molecule has 0 radical (unpaired) electrons. The predicted molar refractivity (Wildman–Crippen MR) is 114 cm³/mol. The number of hydrogen-bond donors (Lipinski definition) is 3. The molecule has 3 rings (SSSR count). The summed E-state index contributed by atoms with van der Waals surface area (Å²) in [6.45, 7) is 3.91. The molecule has 0 atom stereocenters. The van der Waals surface area contributed by atoms with E-state index in [2.05, 4.69) is 20.9 Å². The van der Waals surface area contributed by atoms with Gasteiger partial charge in [0.1, 0.15) is 11.6 Å². The number of carbonyl (C=O) groups is 2. The van der Waals surface area contributed by atoms with E-state index < -0.39 is 0 Å². The van der Waals surface area contributed by atoms with Gasteiger partial charge in [0.05, 0.1) is 12.3 Å². The molecule has 0 fully saturated rings. The van der Waals surface area contributed by atoms with Crippen LogP contribution < -0.4 is 20.7 Å². The normalized spacial score (nSPS) is 10.1. The monoisotopic (exact) mass is 390 g/mol. The van der Waals surface area contributed by atoms with Gasteiger partial charge in [0, 0.05) is 30.1 Å². The van der Waals surface area contributed by atoms with E-state index in [0.717, 1.165) is 5.69 Å². The smallest absolute Gasteiger partial charge is 0.255 e. The Hall–Kier alpha value is -3.87.